The number of hydrogen-bond acceptors (Lipinski definition) is 5. The second-order valence-electron chi connectivity index (χ2n) is 10.7. The number of aromatic nitrogens is 2. The van der Waals surface area contributed by atoms with Gasteiger partial charge in [-0.1, -0.05) is 6.42 Å². The lowest BCUT2D eigenvalue weighted by atomic mass is 9.83. The number of imidazole rings is 1. The molecule has 3 heterocycles. The number of rotatable bonds is 5. The molecule has 4 atom stereocenters. The van der Waals surface area contributed by atoms with E-state index in [0.29, 0.717) is 11.9 Å². The molecule has 0 spiro atoms. The maximum Gasteiger partial charge on any atom is 0.414 e. The Morgan fingerprint density at radius 3 is 2.74 bits per heavy atom. The predicted molar refractivity (Wildman–Crippen MR) is 136 cm³/mol. The third kappa shape index (κ3) is 4.72. The van der Waals surface area contributed by atoms with Crippen molar-refractivity contribution in [2.24, 2.45) is 5.92 Å². The average molecular weight is 482 g/mol. The van der Waals surface area contributed by atoms with Gasteiger partial charge in [-0.05, 0) is 83.8 Å². The lowest BCUT2D eigenvalue weighted by molar-refractivity contribution is -0.122. The van der Waals surface area contributed by atoms with E-state index in [9.17, 15) is 9.59 Å². The van der Waals surface area contributed by atoms with E-state index >= 15 is 0 Å². The van der Waals surface area contributed by atoms with Gasteiger partial charge >= 0.3 is 6.09 Å². The number of Topliss-reactive ketones (excluding diaryl/α,β-unsaturated/α-hetero) is 1. The van der Waals surface area contributed by atoms with Crippen LogP contribution in [0.4, 0.5) is 10.5 Å². The Morgan fingerprint density at radius 1 is 1.14 bits per heavy atom. The number of aryl methyl sites for hydroxylation is 2. The third-order valence-corrected chi connectivity index (χ3v) is 8.45. The minimum atomic E-state index is -0.316. The summed E-state index contributed by atoms with van der Waals surface area (Å²) in [5, 5.41) is 0. The number of carbonyl (C=O) groups is 2. The van der Waals surface area contributed by atoms with Gasteiger partial charge in [0.1, 0.15) is 11.6 Å². The summed E-state index contributed by atoms with van der Waals surface area (Å²) in [5.41, 5.74) is 4.20. The molecule has 2 aliphatic heterocycles. The van der Waals surface area contributed by atoms with Crippen molar-refractivity contribution in [1.82, 2.24) is 9.55 Å². The number of amides is 1. The number of ether oxygens (including phenoxy) is 2. The number of ketones is 1. The number of fused-ring (bicyclic) bond motifs is 3. The van der Waals surface area contributed by atoms with Crippen molar-refractivity contribution in [3.63, 3.8) is 0 Å². The lowest BCUT2D eigenvalue weighted by Crippen LogP contribution is -2.42. The first kappa shape index (κ1) is 24.3. The van der Waals surface area contributed by atoms with Gasteiger partial charge in [0.25, 0.3) is 0 Å². The van der Waals surface area contributed by atoms with Crippen LogP contribution < -0.4 is 4.90 Å². The molecule has 0 bridgehead atoms. The molecular weight excluding hydrogens is 442 g/mol. The van der Waals surface area contributed by atoms with E-state index in [-0.39, 0.29) is 24.1 Å². The average Bonchev–Trinajstić information content (AvgIpc) is 3.26. The van der Waals surface area contributed by atoms with Crippen molar-refractivity contribution < 1.29 is 19.1 Å². The van der Waals surface area contributed by atoms with Crippen molar-refractivity contribution in [1.29, 1.82) is 0 Å². The SMILES string of the molecule is COC(=O)N1c2ccc3c(nc(CC[C@H]4CCCCO4)n3[C@@H]3CCC[C@H](C(C)=O)C3)c2CC[C@@H]1C. The number of carbonyl (C=O) groups excluding carboxylic acids is 2. The van der Waals surface area contributed by atoms with E-state index in [1.54, 1.807) is 11.8 Å². The summed E-state index contributed by atoms with van der Waals surface area (Å²) in [5.74, 6) is 1.53. The molecule has 1 saturated carbocycles. The highest BCUT2D eigenvalue weighted by Crippen LogP contribution is 2.41. The maximum atomic E-state index is 12.6. The highest BCUT2D eigenvalue weighted by molar-refractivity contribution is 5.95. The predicted octanol–water partition coefficient (Wildman–Crippen LogP) is 5.77. The van der Waals surface area contributed by atoms with Gasteiger partial charge in [0, 0.05) is 36.6 Å². The first-order chi connectivity index (χ1) is 17.0. The van der Waals surface area contributed by atoms with Gasteiger partial charge in [0.15, 0.2) is 0 Å². The summed E-state index contributed by atoms with van der Waals surface area (Å²) >= 11 is 0. The maximum absolute atomic E-state index is 12.6. The molecule has 7 heteroatoms. The normalized spacial score (nSPS) is 27.0. The Kier molecular flexibility index (Phi) is 7.14. The first-order valence-electron chi connectivity index (χ1n) is 13.5. The molecule has 1 aromatic carbocycles. The number of anilines is 1. The molecule has 35 heavy (non-hydrogen) atoms. The van der Waals surface area contributed by atoms with E-state index in [2.05, 4.69) is 23.6 Å². The Morgan fingerprint density at radius 2 is 2.00 bits per heavy atom. The van der Waals surface area contributed by atoms with E-state index < -0.39 is 0 Å². The van der Waals surface area contributed by atoms with E-state index in [4.69, 9.17) is 14.5 Å². The van der Waals surface area contributed by atoms with Crippen LogP contribution in [-0.4, -0.2) is 47.3 Å². The fourth-order valence-corrected chi connectivity index (χ4v) is 6.50. The summed E-state index contributed by atoms with van der Waals surface area (Å²) in [6, 6.07) is 4.57. The molecule has 5 rings (SSSR count). The van der Waals surface area contributed by atoms with Crippen LogP contribution in [0.1, 0.15) is 89.1 Å². The topological polar surface area (TPSA) is 73.7 Å². The van der Waals surface area contributed by atoms with Crippen molar-refractivity contribution in [2.75, 3.05) is 18.6 Å². The van der Waals surface area contributed by atoms with Gasteiger partial charge in [0.05, 0.1) is 29.9 Å². The third-order valence-electron chi connectivity index (χ3n) is 8.45. The summed E-state index contributed by atoms with van der Waals surface area (Å²) < 4.78 is 13.6. The molecule has 1 saturated heterocycles. The highest BCUT2D eigenvalue weighted by Gasteiger charge is 2.33. The Bertz CT molecular complexity index is 1090. The van der Waals surface area contributed by atoms with Gasteiger partial charge in [0.2, 0.25) is 0 Å². The second kappa shape index (κ2) is 10.3. The number of nitrogens with zero attached hydrogens (tertiary/aromatic N) is 3. The lowest BCUT2D eigenvalue weighted by Gasteiger charge is -2.34. The molecule has 1 aromatic heterocycles. The zero-order valence-electron chi connectivity index (χ0n) is 21.4. The van der Waals surface area contributed by atoms with E-state index in [1.807, 2.05) is 0 Å². The minimum absolute atomic E-state index is 0.0899. The highest BCUT2D eigenvalue weighted by atomic mass is 16.5. The Hall–Kier alpha value is -2.41. The first-order valence-corrected chi connectivity index (χ1v) is 13.5. The number of methoxy groups -OCH3 is 1. The van der Waals surface area contributed by atoms with Crippen LogP contribution in [0, 0.1) is 5.92 Å². The van der Waals surface area contributed by atoms with Gasteiger partial charge in [-0.25, -0.2) is 9.78 Å². The van der Waals surface area contributed by atoms with Crippen molar-refractivity contribution in [3.8, 4) is 0 Å². The monoisotopic (exact) mass is 481 g/mol. The van der Waals surface area contributed by atoms with Crippen molar-refractivity contribution in [2.45, 2.75) is 103 Å². The molecule has 2 fully saturated rings. The molecule has 0 N–H and O–H groups in total. The molecular formula is C28H39N3O4. The number of benzene rings is 1. The van der Waals surface area contributed by atoms with Crippen LogP contribution in [0.5, 0.6) is 0 Å². The van der Waals surface area contributed by atoms with Crippen molar-refractivity contribution >= 4 is 28.6 Å². The standard InChI is InChI=1S/C28H39N3O4/c1-18-10-12-23-24(30(18)28(33)34-3)13-14-25-27(23)29-26(15-11-22-9-4-5-16-35-22)31(25)21-8-6-7-20(17-21)19(2)32/h13-14,18,20-22H,4-12,15-17H2,1-3H3/t18-,20-,21+,22+/m0/s1. The molecule has 3 aliphatic rings. The fraction of sp³-hybridized carbons (Fsp3) is 0.679. The van der Waals surface area contributed by atoms with Crippen LogP contribution in [0.2, 0.25) is 0 Å². The van der Waals surface area contributed by atoms with Crippen LogP contribution in [0.15, 0.2) is 12.1 Å². The van der Waals surface area contributed by atoms with Crippen LogP contribution in [0.3, 0.4) is 0 Å². The molecule has 1 amide bonds. The smallest absolute Gasteiger partial charge is 0.414 e. The van der Waals surface area contributed by atoms with Crippen LogP contribution >= 0.6 is 0 Å². The van der Waals surface area contributed by atoms with E-state index in [0.717, 1.165) is 98.9 Å². The summed E-state index contributed by atoms with van der Waals surface area (Å²) in [4.78, 5) is 31.9. The van der Waals surface area contributed by atoms with Crippen LogP contribution in [-0.2, 0) is 27.1 Å². The molecule has 2 aromatic rings. The Balaban J connectivity index is 1.56. The van der Waals surface area contributed by atoms with Crippen molar-refractivity contribution in [3.05, 3.63) is 23.5 Å². The largest absolute Gasteiger partial charge is 0.452 e. The minimum Gasteiger partial charge on any atom is -0.452 e. The van der Waals surface area contributed by atoms with Crippen LogP contribution in [0.25, 0.3) is 11.0 Å². The van der Waals surface area contributed by atoms with Gasteiger partial charge in [-0.2, -0.15) is 0 Å². The van der Waals surface area contributed by atoms with E-state index in [1.165, 1.54) is 13.5 Å². The molecule has 0 radical (unpaired) electrons. The second-order valence-corrected chi connectivity index (χ2v) is 10.7. The zero-order valence-corrected chi connectivity index (χ0v) is 21.4. The summed E-state index contributed by atoms with van der Waals surface area (Å²) in [7, 11) is 1.44. The zero-order chi connectivity index (χ0) is 24.5. The molecule has 190 valence electrons. The van der Waals surface area contributed by atoms with Gasteiger partial charge in [-0.15, -0.1) is 0 Å². The summed E-state index contributed by atoms with van der Waals surface area (Å²) in [6.07, 6.45) is 11.1. The Labute approximate surface area is 208 Å². The van der Waals surface area contributed by atoms with Gasteiger partial charge in [-0.3, -0.25) is 9.69 Å². The molecule has 7 nitrogen and oxygen atoms in total. The quantitative estimate of drug-likeness (QED) is 0.542. The summed E-state index contributed by atoms with van der Waals surface area (Å²) in [6.45, 7) is 4.67. The fourth-order valence-electron chi connectivity index (χ4n) is 6.50. The number of hydrogen-bond donors (Lipinski definition) is 0. The molecule has 0 unspecified atom stereocenters. The molecule has 1 aliphatic carbocycles. The van der Waals surface area contributed by atoms with Gasteiger partial charge < -0.3 is 14.0 Å².